The Hall–Kier alpha value is -2.17. The fourth-order valence-electron chi connectivity index (χ4n) is 3.25. The number of unbranched alkanes of at least 4 members (excludes halogenated alkanes) is 1. The monoisotopic (exact) mass is 312 g/mol. The Morgan fingerprint density at radius 1 is 1.30 bits per heavy atom. The second kappa shape index (κ2) is 7.40. The zero-order valence-electron chi connectivity index (χ0n) is 13.7. The maximum absolute atomic E-state index is 12.6. The Kier molecular flexibility index (Phi) is 5.05. The summed E-state index contributed by atoms with van der Waals surface area (Å²) in [6.45, 7) is 4.80. The molecule has 1 aliphatic heterocycles. The van der Waals surface area contributed by atoms with Crippen LogP contribution in [0.4, 0.5) is 0 Å². The van der Waals surface area contributed by atoms with Crippen molar-refractivity contribution in [3.05, 3.63) is 48.3 Å². The lowest BCUT2D eigenvalue weighted by molar-refractivity contribution is 0.0703. The number of nitrogens with zero attached hydrogens (tertiary/aromatic N) is 4. The van der Waals surface area contributed by atoms with Crippen molar-refractivity contribution in [3.63, 3.8) is 0 Å². The second-order valence-electron chi connectivity index (χ2n) is 6.16. The first kappa shape index (κ1) is 15.7. The van der Waals surface area contributed by atoms with Crippen LogP contribution >= 0.6 is 0 Å². The van der Waals surface area contributed by atoms with Crippen LogP contribution in [0.1, 0.15) is 54.7 Å². The van der Waals surface area contributed by atoms with Gasteiger partial charge in [-0.1, -0.05) is 13.3 Å². The minimum Gasteiger partial charge on any atom is -0.338 e. The number of rotatable bonds is 5. The molecule has 0 saturated carbocycles. The largest absolute Gasteiger partial charge is 0.338 e. The van der Waals surface area contributed by atoms with Crippen LogP contribution in [-0.2, 0) is 6.54 Å². The van der Waals surface area contributed by atoms with E-state index >= 15 is 0 Å². The van der Waals surface area contributed by atoms with Gasteiger partial charge in [0, 0.05) is 55.9 Å². The number of carbonyl (C=O) groups is 1. The molecular weight excluding hydrogens is 288 g/mol. The Balaban J connectivity index is 1.71. The van der Waals surface area contributed by atoms with Gasteiger partial charge in [-0.25, -0.2) is 4.98 Å². The number of aromatic nitrogens is 3. The van der Waals surface area contributed by atoms with Crippen molar-refractivity contribution in [3.8, 4) is 0 Å². The molecule has 0 aromatic carbocycles. The maximum Gasteiger partial charge on any atom is 0.253 e. The van der Waals surface area contributed by atoms with Crippen molar-refractivity contribution in [2.24, 2.45) is 0 Å². The number of piperidine rings is 1. The fraction of sp³-hybridized carbons (Fsp3) is 0.500. The molecule has 5 heteroatoms. The Morgan fingerprint density at radius 2 is 2.13 bits per heavy atom. The highest BCUT2D eigenvalue weighted by atomic mass is 16.2. The van der Waals surface area contributed by atoms with E-state index in [0.717, 1.165) is 50.3 Å². The summed E-state index contributed by atoms with van der Waals surface area (Å²) in [5, 5.41) is 0. The molecule has 0 radical (unpaired) electrons. The van der Waals surface area contributed by atoms with Crippen molar-refractivity contribution in [1.82, 2.24) is 19.4 Å². The van der Waals surface area contributed by atoms with E-state index in [0.29, 0.717) is 5.92 Å². The number of amides is 1. The van der Waals surface area contributed by atoms with Gasteiger partial charge in [-0.2, -0.15) is 0 Å². The number of carbonyl (C=O) groups excluding carboxylic acids is 1. The number of imidazole rings is 1. The molecule has 0 unspecified atom stereocenters. The van der Waals surface area contributed by atoms with E-state index in [2.05, 4.69) is 27.7 Å². The molecule has 0 N–H and O–H groups in total. The smallest absolute Gasteiger partial charge is 0.253 e. The third-order valence-electron chi connectivity index (χ3n) is 4.50. The van der Waals surface area contributed by atoms with E-state index in [1.165, 1.54) is 6.42 Å². The van der Waals surface area contributed by atoms with E-state index in [9.17, 15) is 4.79 Å². The van der Waals surface area contributed by atoms with Gasteiger partial charge in [-0.05, 0) is 31.4 Å². The minimum atomic E-state index is 0.101. The molecule has 122 valence electrons. The van der Waals surface area contributed by atoms with Gasteiger partial charge in [0.25, 0.3) is 5.91 Å². The number of aryl methyl sites for hydroxylation is 1. The topological polar surface area (TPSA) is 51.0 Å². The molecule has 1 atom stereocenters. The van der Waals surface area contributed by atoms with Gasteiger partial charge in [0.1, 0.15) is 5.82 Å². The molecule has 5 nitrogen and oxygen atoms in total. The summed E-state index contributed by atoms with van der Waals surface area (Å²) in [5.41, 5.74) is 0.718. The molecule has 3 rings (SSSR count). The summed E-state index contributed by atoms with van der Waals surface area (Å²) in [5.74, 6) is 1.57. The molecule has 2 aromatic rings. The first-order chi connectivity index (χ1) is 11.3. The summed E-state index contributed by atoms with van der Waals surface area (Å²) < 4.78 is 2.26. The third-order valence-corrected chi connectivity index (χ3v) is 4.50. The van der Waals surface area contributed by atoms with Gasteiger partial charge in [0.2, 0.25) is 0 Å². The quantitative estimate of drug-likeness (QED) is 0.852. The zero-order valence-corrected chi connectivity index (χ0v) is 13.7. The number of likely N-dealkylation sites (tertiary alicyclic amines) is 1. The minimum absolute atomic E-state index is 0.101. The van der Waals surface area contributed by atoms with Crippen LogP contribution in [0.25, 0.3) is 0 Å². The number of hydrogen-bond acceptors (Lipinski definition) is 3. The van der Waals surface area contributed by atoms with Gasteiger partial charge in [0.05, 0.1) is 0 Å². The van der Waals surface area contributed by atoms with Crippen LogP contribution < -0.4 is 0 Å². The average Bonchev–Trinajstić information content (AvgIpc) is 3.08. The molecule has 1 fully saturated rings. The summed E-state index contributed by atoms with van der Waals surface area (Å²) in [7, 11) is 0. The Labute approximate surface area is 137 Å². The van der Waals surface area contributed by atoms with Crippen LogP contribution in [0.15, 0.2) is 36.9 Å². The molecule has 1 aliphatic rings. The summed E-state index contributed by atoms with van der Waals surface area (Å²) >= 11 is 0. The first-order valence-electron chi connectivity index (χ1n) is 8.50. The van der Waals surface area contributed by atoms with Crippen LogP contribution in [-0.4, -0.2) is 38.4 Å². The summed E-state index contributed by atoms with van der Waals surface area (Å²) in [6.07, 6.45) is 11.8. The molecular formula is C18H24N4O. The SMILES string of the molecule is CCCCn1ccnc1[C@H]1CCCN(C(=O)c2ccncc2)C1. The second-order valence-corrected chi connectivity index (χ2v) is 6.16. The summed E-state index contributed by atoms with van der Waals surface area (Å²) in [6, 6.07) is 3.57. The van der Waals surface area contributed by atoms with Crippen molar-refractivity contribution >= 4 is 5.91 Å². The highest BCUT2D eigenvalue weighted by Crippen LogP contribution is 2.27. The first-order valence-corrected chi connectivity index (χ1v) is 8.50. The maximum atomic E-state index is 12.6. The van der Waals surface area contributed by atoms with Crippen molar-refractivity contribution in [2.75, 3.05) is 13.1 Å². The van der Waals surface area contributed by atoms with E-state index < -0.39 is 0 Å². The highest BCUT2D eigenvalue weighted by molar-refractivity contribution is 5.94. The predicted octanol–water partition coefficient (Wildman–Crippen LogP) is 3.10. The van der Waals surface area contributed by atoms with Crippen LogP contribution in [0, 0.1) is 0 Å². The van der Waals surface area contributed by atoms with Crippen LogP contribution in [0.2, 0.25) is 0 Å². The lowest BCUT2D eigenvalue weighted by Crippen LogP contribution is -2.39. The highest BCUT2D eigenvalue weighted by Gasteiger charge is 2.27. The standard InChI is InChI=1S/C18H24N4O/c1-2-3-11-21-13-10-20-17(21)16-5-4-12-22(14-16)18(23)15-6-8-19-9-7-15/h6-10,13,16H,2-5,11-12,14H2,1H3/t16-/m0/s1. The molecule has 1 saturated heterocycles. The molecule has 1 amide bonds. The predicted molar refractivity (Wildman–Crippen MR) is 89.3 cm³/mol. The third kappa shape index (κ3) is 3.60. The van der Waals surface area contributed by atoms with Crippen molar-refractivity contribution in [2.45, 2.75) is 45.1 Å². The molecule has 0 spiro atoms. The lowest BCUT2D eigenvalue weighted by Gasteiger charge is -2.32. The van der Waals surface area contributed by atoms with Gasteiger partial charge in [-0.15, -0.1) is 0 Å². The van der Waals surface area contributed by atoms with Gasteiger partial charge >= 0.3 is 0 Å². The molecule has 23 heavy (non-hydrogen) atoms. The Morgan fingerprint density at radius 3 is 2.91 bits per heavy atom. The fourth-order valence-corrected chi connectivity index (χ4v) is 3.25. The lowest BCUT2D eigenvalue weighted by atomic mass is 9.96. The normalized spacial score (nSPS) is 18.1. The van der Waals surface area contributed by atoms with Gasteiger partial charge in [-0.3, -0.25) is 9.78 Å². The van der Waals surface area contributed by atoms with Crippen LogP contribution in [0.5, 0.6) is 0 Å². The van der Waals surface area contributed by atoms with Gasteiger partial charge < -0.3 is 9.47 Å². The summed E-state index contributed by atoms with van der Waals surface area (Å²) in [4.78, 5) is 23.2. The average molecular weight is 312 g/mol. The zero-order chi connectivity index (χ0) is 16.1. The van der Waals surface area contributed by atoms with Crippen molar-refractivity contribution in [1.29, 1.82) is 0 Å². The van der Waals surface area contributed by atoms with E-state index in [1.807, 2.05) is 11.1 Å². The number of pyridine rings is 1. The van der Waals surface area contributed by atoms with Crippen molar-refractivity contribution < 1.29 is 4.79 Å². The molecule has 3 heterocycles. The number of hydrogen-bond donors (Lipinski definition) is 0. The van der Waals surface area contributed by atoms with E-state index in [-0.39, 0.29) is 5.91 Å². The van der Waals surface area contributed by atoms with Gasteiger partial charge in [0.15, 0.2) is 0 Å². The molecule has 0 aliphatic carbocycles. The molecule has 0 bridgehead atoms. The Bertz CT molecular complexity index is 637. The molecule has 2 aromatic heterocycles. The van der Waals surface area contributed by atoms with E-state index in [4.69, 9.17) is 0 Å². The van der Waals surface area contributed by atoms with Crippen LogP contribution in [0.3, 0.4) is 0 Å². The van der Waals surface area contributed by atoms with E-state index in [1.54, 1.807) is 24.5 Å².